The molecule has 6 rings (SSSR count). The van der Waals surface area contributed by atoms with Crippen molar-refractivity contribution in [2.24, 2.45) is 17.3 Å². The average Bonchev–Trinajstić information content (AvgIpc) is 3.91. The fraction of sp³-hybridized carbons (Fsp3) is 0.571. The molecule has 352 valence electrons. The summed E-state index contributed by atoms with van der Waals surface area (Å²) in [5.74, 6) is -3.13. The van der Waals surface area contributed by atoms with Crippen LogP contribution in [0.3, 0.4) is 0 Å². The zero-order chi connectivity index (χ0) is 47.3. The van der Waals surface area contributed by atoms with Gasteiger partial charge in [-0.2, -0.15) is 0 Å². The van der Waals surface area contributed by atoms with Crippen LogP contribution in [0, 0.1) is 17.3 Å². The van der Waals surface area contributed by atoms with Crippen LogP contribution in [0.5, 0.6) is 0 Å². The molecule has 16 heteroatoms. The van der Waals surface area contributed by atoms with Crippen molar-refractivity contribution < 1.29 is 38.2 Å². The fourth-order valence-electron chi connectivity index (χ4n) is 9.62. The number of aryl methyl sites for hydroxylation is 1. The molecule has 5 atom stereocenters. The lowest BCUT2D eigenvalue weighted by atomic mass is 9.84. The molecule has 3 aliphatic heterocycles. The van der Waals surface area contributed by atoms with Gasteiger partial charge in [-0.25, -0.2) is 5.43 Å². The first-order valence-corrected chi connectivity index (χ1v) is 23.0. The summed E-state index contributed by atoms with van der Waals surface area (Å²) >= 11 is 0. The number of hydrogen-bond acceptors (Lipinski definition) is 10. The van der Waals surface area contributed by atoms with E-state index in [4.69, 9.17) is 14.5 Å². The van der Waals surface area contributed by atoms with Crippen LogP contribution >= 0.6 is 0 Å². The number of likely N-dealkylation sites (N-methyl/N-ethyl adjacent to an activating group) is 1. The van der Waals surface area contributed by atoms with E-state index in [-0.39, 0.29) is 62.3 Å². The summed E-state index contributed by atoms with van der Waals surface area (Å²) in [4.78, 5) is 92.1. The van der Waals surface area contributed by atoms with E-state index in [9.17, 15) is 28.8 Å². The quantitative estimate of drug-likeness (QED) is 0.213. The molecule has 4 bridgehead atoms. The van der Waals surface area contributed by atoms with E-state index in [0.29, 0.717) is 45.3 Å². The molecule has 3 aliphatic rings. The van der Waals surface area contributed by atoms with E-state index >= 15 is 0 Å². The average molecular weight is 897 g/mol. The molecular weight excluding hydrogens is 829 g/mol. The fourth-order valence-corrected chi connectivity index (χ4v) is 9.62. The van der Waals surface area contributed by atoms with Gasteiger partial charge in [0, 0.05) is 88.4 Å². The number of benzene rings is 1. The molecule has 2 saturated heterocycles. The van der Waals surface area contributed by atoms with E-state index in [1.165, 1.54) is 16.0 Å². The number of fused-ring (bicyclic) bond motifs is 3. The number of ether oxygens (including phenoxy) is 2. The number of nitrogens with zero attached hydrogens (tertiary/aromatic N) is 6. The third-order valence-corrected chi connectivity index (χ3v) is 13.2. The molecule has 2 N–H and O–H groups in total. The number of cyclic esters (lactones) is 1. The first-order valence-electron chi connectivity index (χ1n) is 23.0. The second-order valence-corrected chi connectivity index (χ2v) is 19.0. The van der Waals surface area contributed by atoms with Gasteiger partial charge in [-0.05, 0) is 93.3 Å². The Morgan fingerprint density at radius 3 is 2.55 bits per heavy atom. The van der Waals surface area contributed by atoms with E-state index in [0.717, 1.165) is 39.0 Å². The minimum atomic E-state index is -1.16. The molecule has 5 amide bonds. The highest BCUT2D eigenvalue weighted by molar-refractivity contribution is 5.95. The van der Waals surface area contributed by atoms with Gasteiger partial charge >= 0.3 is 5.97 Å². The minimum Gasteiger partial charge on any atom is -0.464 e. The van der Waals surface area contributed by atoms with Crippen LogP contribution in [0.2, 0.25) is 0 Å². The molecule has 3 aromatic rings. The smallest absolute Gasteiger partial charge is 0.324 e. The SMILES string of the molecule is C=CC(=O)N1CC[C@H](C(=O)N(C)C(C(=O)N[C@H]2CCC(=O)N(C)Cc3ccc4c(c3)c(c(-c3cccnc3[C@H](C)OC)n4CC)CC(C)(C)COC(=O)[C@@H]3CCCN(N3)C2=O)C(C)C)C1. The van der Waals surface area contributed by atoms with Crippen LogP contribution in [0.4, 0.5) is 0 Å². The molecule has 65 heavy (non-hydrogen) atoms. The summed E-state index contributed by atoms with van der Waals surface area (Å²) in [5.41, 5.74) is 8.32. The lowest BCUT2D eigenvalue weighted by molar-refractivity contribution is -0.155. The van der Waals surface area contributed by atoms with Crippen molar-refractivity contribution in [3.63, 3.8) is 0 Å². The van der Waals surface area contributed by atoms with Gasteiger partial charge in [0.05, 0.1) is 30.0 Å². The number of methoxy groups -OCH3 is 1. The number of pyridine rings is 1. The number of likely N-dealkylation sites (tertiary alicyclic amines) is 1. The van der Waals surface area contributed by atoms with Crippen LogP contribution < -0.4 is 10.7 Å². The molecule has 0 radical (unpaired) electrons. The van der Waals surface area contributed by atoms with E-state index < -0.39 is 47.2 Å². The molecule has 2 aromatic heterocycles. The van der Waals surface area contributed by atoms with Crippen molar-refractivity contribution >= 4 is 46.4 Å². The normalized spacial score (nSPS) is 22.0. The zero-order valence-electron chi connectivity index (χ0n) is 39.6. The van der Waals surface area contributed by atoms with E-state index in [2.05, 4.69) is 60.9 Å². The first-order chi connectivity index (χ1) is 30.9. The summed E-state index contributed by atoms with van der Waals surface area (Å²) < 4.78 is 14.2. The molecule has 0 saturated carbocycles. The number of amides is 5. The minimum absolute atomic E-state index is 0.0296. The highest BCUT2D eigenvalue weighted by Gasteiger charge is 2.40. The van der Waals surface area contributed by atoms with Gasteiger partial charge in [0.25, 0.3) is 5.91 Å². The maximum absolute atomic E-state index is 14.5. The lowest BCUT2D eigenvalue weighted by Gasteiger charge is -2.37. The van der Waals surface area contributed by atoms with Gasteiger partial charge in [0.2, 0.25) is 23.6 Å². The molecule has 2 fully saturated rings. The van der Waals surface area contributed by atoms with Gasteiger partial charge in [-0.15, -0.1) is 0 Å². The monoisotopic (exact) mass is 897 g/mol. The summed E-state index contributed by atoms with van der Waals surface area (Å²) in [6.07, 6.45) is 4.55. The summed E-state index contributed by atoms with van der Waals surface area (Å²) in [6.45, 7) is 17.4. The Labute approximate surface area is 383 Å². The van der Waals surface area contributed by atoms with Crippen molar-refractivity contribution in [3.05, 3.63) is 66.0 Å². The second kappa shape index (κ2) is 20.7. The molecule has 5 heterocycles. The number of aromatic nitrogens is 2. The van der Waals surface area contributed by atoms with Crippen LogP contribution in [-0.2, 0) is 57.8 Å². The molecule has 0 spiro atoms. The van der Waals surface area contributed by atoms with Crippen molar-refractivity contribution in [2.75, 3.05) is 47.4 Å². The molecule has 1 aromatic carbocycles. The highest BCUT2D eigenvalue weighted by Crippen LogP contribution is 2.41. The maximum Gasteiger partial charge on any atom is 0.324 e. The molecule has 1 unspecified atom stereocenters. The van der Waals surface area contributed by atoms with Crippen molar-refractivity contribution in [1.29, 1.82) is 0 Å². The summed E-state index contributed by atoms with van der Waals surface area (Å²) in [6, 6.07) is 7.31. The number of hydrazine groups is 1. The Morgan fingerprint density at radius 1 is 1.11 bits per heavy atom. The summed E-state index contributed by atoms with van der Waals surface area (Å²) in [7, 11) is 4.96. The predicted molar refractivity (Wildman–Crippen MR) is 247 cm³/mol. The third kappa shape index (κ3) is 10.8. The molecule has 16 nitrogen and oxygen atoms in total. The Bertz CT molecular complexity index is 2290. The van der Waals surface area contributed by atoms with Gasteiger partial charge in [-0.1, -0.05) is 40.3 Å². The highest BCUT2D eigenvalue weighted by atomic mass is 16.5. The largest absolute Gasteiger partial charge is 0.464 e. The van der Waals surface area contributed by atoms with Gasteiger partial charge in [0.15, 0.2) is 0 Å². The number of carbonyl (C=O) groups is 6. The van der Waals surface area contributed by atoms with Gasteiger partial charge in [-0.3, -0.25) is 38.8 Å². The Balaban J connectivity index is 1.33. The Kier molecular flexibility index (Phi) is 15.6. The van der Waals surface area contributed by atoms with E-state index in [1.54, 1.807) is 37.2 Å². The summed E-state index contributed by atoms with van der Waals surface area (Å²) in [5, 5.41) is 5.29. The predicted octanol–water partition coefficient (Wildman–Crippen LogP) is 4.79. The van der Waals surface area contributed by atoms with Crippen LogP contribution in [0.1, 0.15) is 96.6 Å². The van der Waals surface area contributed by atoms with Crippen LogP contribution in [-0.4, -0.2) is 130 Å². The first kappa shape index (κ1) is 48.8. The molecular formula is C49H68N8O8. The molecule has 0 aliphatic carbocycles. The van der Waals surface area contributed by atoms with Crippen molar-refractivity contribution in [3.8, 4) is 11.3 Å². The Hall–Kier alpha value is -5.61. The Morgan fingerprint density at radius 2 is 1.86 bits per heavy atom. The van der Waals surface area contributed by atoms with Gasteiger partial charge < -0.3 is 34.1 Å². The number of carbonyl (C=O) groups excluding carboxylic acids is 6. The van der Waals surface area contributed by atoms with Gasteiger partial charge in [0.1, 0.15) is 18.1 Å². The van der Waals surface area contributed by atoms with E-state index in [1.807, 2.05) is 32.9 Å². The van der Waals surface area contributed by atoms with Crippen molar-refractivity contribution in [1.82, 2.24) is 40.0 Å². The third-order valence-electron chi connectivity index (χ3n) is 13.2. The lowest BCUT2D eigenvalue weighted by Crippen LogP contribution is -2.62. The second-order valence-electron chi connectivity index (χ2n) is 19.0. The maximum atomic E-state index is 14.5. The van der Waals surface area contributed by atoms with Crippen LogP contribution in [0.15, 0.2) is 49.2 Å². The van der Waals surface area contributed by atoms with Crippen molar-refractivity contribution in [2.45, 2.75) is 117 Å². The number of rotatable bonds is 10. The number of esters is 1. The topological polar surface area (TPSA) is 176 Å². The number of hydrogen-bond donors (Lipinski definition) is 2. The van der Waals surface area contributed by atoms with Crippen LogP contribution in [0.25, 0.3) is 22.2 Å². The number of nitrogens with one attached hydrogen (secondary N) is 2. The standard InChI is InChI=1S/C49H68N8O8/c1-11-40(58)55-24-21-33(28-55)46(61)54(9)43(30(3)4)45(60)51-37-18-20-41(59)53(8)27-32-17-19-39-35(25-32)36(44(56(39)12-2)34-15-13-22-50-42(34)31(5)64-10)26-49(6,7)29-65-48(63)38-16-14-23-57(52-38)47(37)62/h11,13,15,17,19,22,25,30-31,33,37-38,43,52H,1,12,14,16,18,20-21,23-24,26-29H2,2-10H3,(H,51,60)/t31-,33-,37-,38-,43?/m0/s1. The zero-order valence-corrected chi connectivity index (χ0v) is 39.6.